The number of furan rings is 1. The molecule has 0 atom stereocenters. The Labute approximate surface area is 154 Å². The van der Waals surface area contributed by atoms with Crippen LogP contribution in [0.2, 0.25) is 0 Å². The van der Waals surface area contributed by atoms with E-state index >= 15 is 0 Å². The van der Waals surface area contributed by atoms with Crippen molar-refractivity contribution in [2.24, 2.45) is 0 Å². The Morgan fingerprint density at radius 3 is 2.19 bits per heavy atom. The molecule has 1 N–H and O–H groups in total. The summed E-state index contributed by atoms with van der Waals surface area (Å²) >= 11 is 0. The minimum Gasteiger partial charge on any atom is -0.463 e. The Bertz CT molecular complexity index is 794. The van der Waals surface area contributed by atoms with Gasteiger partial charge in [-0.25, -0.2) is 4.79 Å². The SMILES string of the molecule is COC(=O)c1occ(Nc2ccc(B3OC(C)(C)C(C)(C)O3)cc2)c1C. The van der Waals surface area contributed by atoms with E-state index in [0.29, 0.717) is 11.3 Å². The summed E-state index contributed by atoms with van der Waals surface area (Å²) in [5, 5.41) is 3.24. The molecule has 7 heteroatoms. The number of rotatable bonds is 4. The van der Waals surface area contributed by atoms with Crippen LogP contribution in [-0.2, 0) is 14.0 Å². The molecule has 0 saturated carbocycles. The zero-order valence-electron chi connectivity index (χ0n) is 16.0. The van der Waals surface area contributed by atoms with Crippen LogP contribution in [0.3, 0.4) is 0 Å². The number of methoxy groups -OCH3 is 1. The molecular formula is C19H24BNO5. The Morgan fingerprint density at radius 2 is 1.65 bits per heavy atom. The van der Waals surface area contributed by atoms with Crippen LogP contribution in [0.4, 0.5) is 11.4 Å². The quantitative estimate of drug-likeness (QED) is 0.668. The van der Waals surface area contributed by atoms with Crippen molar-refractivity contribution in [1.82, 2.24) is 0 Å². The van der Waals surface area contributed by atoms with E-state index in [1.165, 1.54) is 13.4 Å². The van der Waals surface area contributed by atoms with Gasteiger partial charge in [-0.1, -0.05) is 12.1 Å². The predicted octanol–water partition coefficient (Wildman–Crippen LogP) is 3.42. The molecule has 1 aliphatic heterocycles. The van der Waals surface area contributed by atoms with Gasteiger partial charge in [0, 0.05) is 11.3 Å². The smallest absolute Gasteiger partial charge is 0.463 e. The molecule has 1 aromatic carbocycles. The van der Waals surface area contributed by atoms with Crippen LogP contribution in [0.5, 0.6) is 0 Å². The van der Waals surface area contributed by atoms with Crippen molar-refractivity contribution in [1.29, 1.82) is 0 Å². The Morgan fingerprint density at radius 1 is 1.08 bits per heavy atom. The summed E-state index contributed by atoms with van der Waals surface area (Å²) in [6.45, 7) is 9.93. The lowest BCUT2D eigenvalue weighted by Crippen LogP contribution is -2.41. The zero-order valence-corrected chi connectivity index (χ0v) is 16.0. The molecule has 0 bridgehead atoms. The van der Waals surface area contributed by atoms with E-state index in [4.69, 9.17) is 18.5 Å². The van der Waals surface area contributed by atoms with Crippen LogP contribution in [0.15, 0.2) is 34.9 Å². The van der Waals surface area contributed by atoms with Gasteiger partial charge < -0.3 is 23.8 Å². The third kappa shape index (κ3) is 3.24. The number of esters is 1. The molecule has 1 aromatic heterocycles. The van der Waals surface area contributed by atoms with Crippen molar-refractivity contribution >= 4 is 29.9 Å². The second-order valence-electron chi connectivity index (χ2n) is 7.43. The van der Waals surface area contributed by atoms with Crippen molar-refractivity contribution in [3.05, 3.63) is 41.9 Å². The monoisotopic (exact) mass is 357 g/mol. The van der Waals surface area contributed by atoms with Crippen LogP contribution in [0.1, 0.15) is 43.8 Å². The summed E-state index contributed by atoms with van der Waals surface area (Å²) in [5.74, 6) is -0.296. The zero-order chi connectivity index (χ0) is 19.1. The molecule has 26 heavy (non-hydrogen) atoms. The van der Waals surface area contributed by atoms with Crippen molar-refractivity contribution in [2.45, 2.75) is 45.8 Å². The highest BCUT2D eigenvalue weighted by Gasteiger charge is 2.51. The second-order valence-corrected chi connectivity index (χ2v) is 7.43. The standard InChI is InChI=1S/C19H24BNO5/c1-12-15(11-24-16(12)17(22)23-6)21-14-9-7-13(8-10-14)20-25-18(2,3)19(4,5)26-20/h7-11,21H,1-6H3. The summed E-state index contributed by atoms with van der Waals surface area (Å²) in [5.41, 5.74) is 2.50. The molecule has 0 spiro atoms. The molecule has 138 valence electrons. The van der Waals surface area contributed by atoms with Gasteiger partial charge in [-0.05, 0) is 52.2 Å². The van der Waals surface area contributed by atoms with Gasteiger partial charge in [0.2, 0.25) is 5.76 Å². The minimum atomic E-state index is -0.494. The highest BCUT2D eigenvalue weighted by Crippen LogP contribution is 2.36. The van der Waals surface area contributed by atoms with Gasteiger partial charge in [-0.15, -0.1) is 0 Å². The summed E-state index contributed by atoms with van der Waals surface area (Å²) in [6.07, 6.45) is 1.50. The maximum absolute atomic E-state index is 11.6. The molecule has 0 aliphatic carbocycles. The van der Waals surface area contributed by atoms with E-state index in [1.54, 1.807) is 6.92 Å². The molecule has 1 aliphatic rings. The van der Waals surface area contributed by atoms with E-state index in [-0.39, 0.29) is 17.0 Å². The third-order valence-corrected chi connectivity index (χ3v) is 5.13. The van der Waals surface area contributed by atoms with Gasteiger partial charge in [0.1, 0.15) is 6.26 Å². The van der Waals surface area contributed by atoms with Crippen molar-refractivity contribution < 1.29 is 23.3 Å². The number of benzene rings is 1. The first-order valence-corrected chi connectivity index (χ1v) is 8.53. The second kappa shape index (κ2) is 6.48. The molecule has 0 radical (unpaired) electrons. The summed E-state index contributed by atoms with van der Waals surface area (Å²) < 4.78 is 22.1. The summed E-state index contributed by atoms with van der Waals surface area (Å²) in [7, 11) is 0.932. The molecular weight excluding hydrogens is 333 g/mol. The maximum atomic E-state index is 11.6. The van der Waals surface area contributed by atoms with E-state index < -0.39 is 13.1 Å². The highest BCUT2D eigenvalue weighted by molar-refractivity contribution is 6.62. The van der Waals surface area contributed by atoms with Crippen molar-refractivity contribution in [3.63, 3.8) is 0 Å². The Balaban J connectivity index is 1.73. The fraction of sp³-hybridized carbons (Fsp3) is 0.421. The Hall–Kier alpha value is -2.25. The minimum absolute atomic E-state index is 0.198. The molecule has 1 fully saturated rings. The van der Waals surface area contributed by atoms with Crippen LogP contribution < -0.4 is 10.8 Å². The first kappa shape index (κ1) is 18.5. The number of carbonyl (C=O) groups excluding carboxylic acids is 1. The largest absolute Gasteiger partial charge is 0.494 e. The van der Waals surface area contributed by atoms with Crippen LogP contribution in [0.25, 0.3) is 0 Å². The molecule has 0 amide bonds. The average Bonchev–Trinajstić information content (AvgIpc) is 3.04. The first-order chi connectivity index (χ1) is 12.1. The number of hydrogen-bond donors (Lipinski definition) is 1. The van der Waals surface area contributed by atoms with E-state index in [0.717, 1.165) is 11.2 Å². The molecule has 6 nitrogen and oxygen atoms in total. The van der Waals surface area contributed by atoms with Crippen molar-refractivity contribution in [3.8, 4) is 0 Å². The van der Waals surface area contributed by atoms with Gasteiger partial charge in [-0.2, -0.15) is 0 Å². The molecule has 2 aromatic rings. The topological polar surface area (TPSA) is 69.9 Å². The lowest BCUT2D eigenvalue weighted by molar-refractivity contribution is 0.00578. The number of carbonyl (C=O) groups is 1. The van der Waals surface area contributed by atoms with Gasteiger partial charge in [0.05, 0.1) is 24.0 Å². The first-order valence-electron chi connectivity index (χ1n) is 8.53. The van der Waals surface area contributed by atoms with Gasteiger partial charge in [0.25, 0.3) is 0 Å². The maximum Gasteiger partial charge on any atom is 0.494 e. The van der Waals surface area contributed by atoms with Gasteiger partial charge >= 0.3 is 13.1 Å². The fourth-order valence-corrected chi connectivity index (χ4v) is 2.69. The van der Waals surface area contributed by atoms with Crippen LogP contribution in [-0.4, -0.2) is 31.4 Å². The summed E-state index contributed by atoms with van der Waals surface area (Å²) in [4.78, 5) is 11.6. The summed E-state index contributed by atoms with van der Waals surface area (Å²) in [6, 6.07) is 7.79. The number of hydrogen-bond acceptors (Lipinski definition) is 6. The van der Waals surface area contributed by atoms with E-state index in [9.17, 15) is 4.79 Å². The lowest BCUT2D eigenvalue weighted by Gasteiger charge is -2.32. The lowest BCUT2D eigenvalue weighted by atomic mass is 9.79. The number of anilines is 2. The predicted molar refractivity (Wildman–Crippen MR) is 100 cm³/mol. The van der Waals surface area contributed by atoms with E-state index in [1.807, 2.05) is 52.0 Å². The van der Waals surface area contributed by atoms with Crippen molar-refractivity contribution in [2.75, 3.05) is 12.4 Å². The van der Waals surface area contributed by atoms with Crippen LogP contribution >= 0.6 is 0 Å². The number of nitrogens with one attached hydrogen (secondary N) is 1. The third-order valence-electron chi connectivity index (χ3n) is 5.13. The molecule has 2 heterocycles. The molecule has 1 saturated heterocycles. The average molecular weight is 357 g/mol. The van der Waals surface area contributed by atoms with Gasteiger partial charge in [-0.3, -0.25) is 0 Å². The molecule has 0 unspecified atom stereocenters. The highest BCUT2D eigenvalue weighted by atomic mass is 16.7. The van der Waals surface area contributed by atoms with E-state index in [2.05, 4.69) is 5.32 Å². The Kier molecular flexibility index (Phi) is 4.62. The fourth-order valence-electron chi connectivity index (χ4n) is 2.69. The van der Waals surface area contributed by atoms with Gasteiger partial charge in [0.15, 0.2) is 0 Å². The number of ether oxygens (including phenoxy) is 1. The molecule has 3 rings (SSSR count). The normalized spacial score (nSPS) is 18.0. The van der Waals surface area contributed by atoms with Crippen LogP contribution in [0, 0.1) is 6.92 Å².